The number of amides is 1. The highest BCUT2D eigenvalue weighted by atomic mass is 16.1. The van der Waals surface area contributed by atoms with Crippen molar-refractivity contribution in [3.8, 4) is 0 Å². The first-order valence-corrected chi connectivity index (χ1v) is 4.22. The van der Waals surface area contributed by atoms with Crippen LogP contribution in [-0.4, -0.2) is 5.91 Å². The molecule has 2 nitrogen and oxygen atoms in total. The van der Waals surface area contributed by atoms with E-state index >= 15 is 0 Å². The summed E-state index contributed by atoms with van der Waals surface area (Å²) in [5, 5.41) is 0. The van der Waals surface area contributed by atoms with E-state index in [2.05, 4.69) is 0 Å². The summed E-state index contributed by atoms with van der Waals surface area (Å²) >= 11 is 0. The van der Waals surface area contributed by atoms with E-state index in [1.165, 1.54) is 0 Å². The minimum Gasteiger partial charge on any atom is -0.369 e. The Morgan fingerprint density at radius 2 is 2.00 bits per heavy atom. The second-order valence-corrected chi connectivity index (χ2v) is 2.96. The van der Waals surface area contributed by atoms with Crippen LogP contribution in [0.25, 0.3) is 6.08 Å². The first-order chi connectivity index (χ1) is 6.20. The number of hydrogen-bond acceptors (Lipinski definition) is 1. The van der Waals surface area contributed by atoms with Gasteiger partial charge in [-0.25, -0.2) is 0 Å². The summed E-state index contributed by atoms with van der Waals surface area (Å²) in [5.41, 5.74) is 6.19. The zero-order valence-corrected chi connectivity index (χ0v) is 7.60. The highest BCUT2D eigenvalue weighted by molar-refractivity contribution is 5.79. The fourth-order valence-electron chi connectivity index (χ4n) is 0.914. The summed E-state index contributed by atoms with van der Waals surface area (Å²) in [6.07, 6.45) is 3.70. The van der Waals surface area contributed by atoms with Crippen LogP contribution in [0, 0.1) is 5.92 Å². The number of carbonyl (C=O) groups is 1. The average molecular weight is 175 g/mol. The third-order valence-corrected chi connectivity index (χ3v) is 1.83. The molecule has 1 aromatic carbocycles. The van der Waals surface area contributed by atoms with Gasteiger partial charge in [-0.2, -0.15) is 0 Å². The third-order valence-electron chi connectivity index (χ3n) is 1.83. The van der Waals surface area contributed by atoms with Crippen LogP contribution in [0.4, 0.5) is 0 Å². The molecule has 0 aromatic heterocycles. The van der Waals surface area contributed by atoms with Crippen LogP contribution < -0.4 is 5.73 Å². The Balaban J connectivity index is 2.64. The van der Waals surface area contributed by atoms with Gasteiger partial charge in [-0.1, -0.05) is 49.4 Å². The summed E-state index contributed by atoms with van der Waals surface area (Å²) in [5.74, 6) is -0.507. The normalized spacial score (nSPS) is 13.0. The highest BCUT2D eigenvalue weighted by Crippen LogP contribution is 2.04. The summed E-state index contributed by atoms with van der Waals surface area (Å²) in [7, 11) is 0. The second-order valence-electron chi connectivity index (χ2n) is 2.96. The van der Waals surface area contributed by atoms with Gasteiger partial charge in [0.1, 0.15) is 0 Å². The molecule has 1 unspecified atom stereocenters. The first-order valence-electron chi connectivity index (χ1n) is 4.22. The molecule has 0 aliphatic carbocycles. The minimum absolute atomic E-state index is 0.208. The van der Waals surface area contributed by atoms with Gasteiger partial charge in [0, 0.05) is 0 Å². The lowest BCUT2D eigenvalue weighted by Crippen LogP contribution is -2.18. The van der Waals surface area contributed by atoms with Gasteiger partial charge in [-0.05, 0) is 5.56 Å². The van der Waals surface area contributed by atoms with Crippen molar-refractivity contribution in [2.75, 3.05) is 0 Å². The second kappa shape index (κ2) is 4.45. The molecule has 0 saturated heterocycles. The molecule has 0 bridgehead atoms. The zero-order valence-electron chi connectivity index (χ0n) is 7.60. The number of nitrogens with two attached hydrogens (primary N) is 1. The molecule has 1 atom stereocenters. The van der Waals surface area contributed by atoms with E-state index < -0.39 is 0 Å². The summed E-state index contributed by atoms with van der Waals surface area (Å²) in [6.45, 7) is 1.78. The van der Waals surface area contributed by atoms with Crippen LogP contribution in [0.3, 0.4) is 0 Å². The van der Waals surface area contributed by atoms with E-state index in [4.69, 9.17) is 5.73 Å². The van der Waals surface area contributed by atoms with Crippen molar-refractivity contribution < 1.29 is 4.79 Å². The summed E-state index contributed by atoms with van der Waals surface area (Å²) < 4.78 is 0. The largest absolute Gasteiger partial charge is 0.369 e. The molecule has 13 heavy (non-hydrogen) atoms. The van der Waals surface area contributed by atoms with Crippen LogP contribution in [0.5, 0.6) is 0 Å². The number of carbonyl (C=O) groups excluding carboxylic acids is 1. The molecule has 0 aliphatic rings. The molecule has 0 radical (unpaired) electrons. The molecule has 0 aliphatic heterocycles. The maximum atomic E-state index is 10.7. The highest BCUT2D eigenvalue weighted by Gasteiger charge is 2.01. The maximum absolute atomic E-state index is 10.7. The van der Waals surface area contributed by atoms with Crippen LogP contribution in [0.1, 0.15) is 12.5 Å². The number of hydrogen-bond donors (Lipinski definition) is 1. The van der Waals surface area contributed by atoms with E-state index in [9.17, 15) is 4.79 Å². The number of benzene rings is 1. The van der Waals surface area contributed by atoms with E-state index in [-0.39, 0.29) is 11.8 Å². The molecule has 0 saturated carbocycles. The summed E-state index contributed by atoms with van der Waals surface area (Å²) in [4.78, 5) is 10.7. The predicted molar refractivity (Wildman–Crippen MR) is 53.8 cm³/mol. The van der Waals surface area contributed by atoms with Crippen molar-refractivity contribution in [3.05, 3.63) is 42.0 Å². The molecular formula is C11H13NO. The predicted octanol–water partition coefficient (Wildman–Crippen LogP) is 1.82. The van der Waals surface area contributed by atoms with Crippen LogP contribution in [0.2, 0.25) is 0 Å². The Bertz CT molecular complexity index is 303. The molecule has 2 heteroatoms. The molecule has 1 aromatic rings. The Morgan fingerprint density at radius 1 is 1.38 bits per heavy atom. The van der Waals surface area contributed by atoms with Crippen molar-refractivity contribution in [3.63, 3.8) is 0 Å². The topological polar surface area (TPSA) is 43.1 Å². The van der Waals surface area contributed by atoms with E-state index in [0.717, 1.165) is 5.56 Å². The van der Waals surface area contributed by atoms with Crippen molar-refractivity contribution >= 4 is 12.0 Å². The lowest BCUT2D eigenvalue weighted by molar-refractivity contribution is -0.119. The molecule has 0 heterocycles. The van der Waals surface area contributed by atoms with Gasteiger partial charge in [0.15, 0.2) is 0 Å². The van der Waals surface area contributed by atoms with Crippen LogP contribution in [0.15, 0.2) is 36.4 Å². The molecule has 0 spiro atoms. The molecule has 0 fully saturated rings. The zero-order chi connectivity index (χ0) is 9.68. The van der Waals surface area contributed by atoms with Crippen molar-refractivity contribution in [2.24, 2.45) is 11.7 Å². The van der Waals surface area contributed by atoms with E-state index in [0.29, 0.717) is 0 Å². The molecular weight excluding hydrogens is 162 g/mol. The Morgan fingerprint density at radius 3 is 2.54 bits per heavy atom. The summed E-state index contributed by atoms with van der Waals surface area (Å²) in [6, 6.07) is 9.81. The average Bonchev–Trinajstić information content (AvgIpc) is 2.15. The van der Waals surface area contributed by atoms with Crippen molar-refractivity contribution in [1.82, 2.24) is 0 Å². The first kappa shape index (κ1) is 9.52. The van der Waals surface area contributed by atoms with Gasteiger partial charge in [-0.15, -0.1) is 0 Å². The quantitative estimate of drug-likeness (QED) is 0.748. The van der Waals surface area contributed by atoms with Gasteiger partial charge in [0.2, 0.25) is 5.91 Å². The minimum atomic E-state index is -0.299. The van der Waals surface area contributed by atoms with Crippen molar-refractivity contribution in [1.29, 1.82) is 0 Å². The van der Waals surface area contributed by atoms with Gasteiger partial charge < -0.3 is 5.73 Å². The monoisotopic (exact) mass is 175 g/mol. The standard InChI is InChI=1S/C11H13NO/c1-9(11(12)13)7-8-10-5-3-2-4-6-10/h2-9H,1H3,(H2,12,13)/b8-7+. The SMILES string of the molecule is CC(/C=C/c1ccccc1)C(N)=O. The van der Waals surface area contributed by atoms with E-state index in [1.54, 1.807) is 13.0 Å². The van der Waals surface area contributed by atoms with Gasteiger partial charge >= 0.3 is 0 Å². The Labute approximate surface area is 78.1 Å². The Kier molecular flexibility index (Phi) is 3.26. The van der Waals surface area contributed by atoms with Gasteiger partial charge in [0.25, 0.3) is 0 Å². The lowest BCUT2D eigenvalue weighted by atomic mass is 10.1. The fraction of sp³-hybridized carbons (Fsp3) is 0.182. The molecule has 68 valence electrons. The Hall–Kier alpha value is -1.57. The van der Waals surface area contributed by atoms with Crippen LogP contribution in [-0.2, 0) is 4.79 Å². The maximum Gasteiger partial charge on any atom is 0.224 e. The third kappa shape index (κ3) is 3.11. The van der Waals surface area contributed by atoms with Crippen molar-refractivity contribution in [2.45, 2.75) is 6.92 Å². The molecule has 1 amide bonds. The number of primary amides is 1. The fourth-order valence-corrected chi connectivity index (χ4v) is 0.914. The van der Waals surface area contributed by atoms with Crippen LogP contribution >= 0.6 is 0 Å². The van der Waals surface area contributed by atoms with E-state index in [1.807, 2.05) is 36.4 Å². The van der Waals surface area contributed by atoms with Gasteiger partial charge in [0.05, 0.1) is 5.92 Å². The van der Waals surface area contributed by atoms with Gasteiger partial charge in [-0.3, -0.25) is 4.79 Å². The molecule has 2 N–H and O–H groups in total. The smallest absolute Gasteiger partial charge is 0.224 e. The number of rotatable bonds is 3. The lowest BCUT2D eigenvalue weighted by Gasteiger charge is -1.98. The molecule has 1 rings (SSSR count).